The molecular weight excluding hydrogens is 307 g/mol. The summed E-state index contributed by atoms with van der Waals surface area (Å²) in [6.45, 7) is 1.11. The van der Waals surface area contributed by atoms with Crippen molar-refractivity contribution < 1.29 is 18.7 Å². The Labute approximate surface area is 133 Å². The van der Waals surface area contributed by atoms with E-state index in [1.54, 1.807) is 12.1 Å². The van der Waals surface area contributed by atoms with Crippen LogP contribution in [-0.4, -0.2) is 36.5 Å². The van der Waals surface area contributed by atoms with Crippen LogP contribution in [0.25, 0.3) is 0 Å². The maximum atomic E-state index is 12.7. The molecule has 7 heteroatoms. The van der Waals surface area contributed by atoms with Crippen molar-refractivity contribution in [2.75, 3.05) is 24.7 Å². The molecular formula is C15H21FN2O3S. The minimum absolute atomic E-state index is 0.0311. The topological polar surface area (TPSA) is 81.4 Å². The molecule has 0 unspecified atom stereocenters. The fourth-order valence-electron chi connectivity index (χ4n) is 1.60. The van der Waals surface area contributed by atoms with Gasteiger partial charge in [0.15, 0.2) is 0 Å². The summed E-state index contributed by atoms with van der Waals surface area (Å²) in [5.74, 6) is 0.778. The fourth-order valence-corrected chi connectivity index (χ4v) is 2.28. The Morgan fingerprint density at radius 2 is 1.95 bits per heavy atom. The number of halogens is 1. The Hall–Kier alpha value is -1.76. The zero-order valence-electron chi connectivity index (χ0n) is 12.3. The van der Waals surface area contributed by atoms with Gasteiger partial charge in [-0.05, 0) is 37.1 Å². The molecule has 5 nitrogen and oxygen atoms in total. The van der Waals surface area contributed by atoms with Gasteiger partial charge in [-0.15, -0.1) is 0 Å². The number of nitrogens with one attached hydrogen (secondary N) is 1. The molecule has 0 radical (unpaired) electrons. The van der Waals surface area contributed by atoms with Crippen molar-refractivity contribution in [3.8, 4) is 5.75 Å². The SMILES string of the molecule is NC(=O)CSCCC(=O)NCCCCOc1ccc(F)cc1. The van der Waals surface area contributed by atoms with Gasteiger partial charge in [0, 0.05) is 18.7 Å². The summed E-state index contributed by atoms with van der Waals surface area (Å²) < 4.78 is 18.1. The van der Waals surface area contributed by atoms with E-state index in [9.17, 15) is 14.0 Å². The smallest absolute Gasteiger partial charge is 0.227 e. The third-order valence-corrected chi connectivity index (χ3v) is 3.67. The molecule has 0 saturated heterocycles. The first-order chi connectivity index (χ1) is 10.6. The van der Waals surface area contributed by atoms with Crippen molar-refractivity contribution in [1.82, 2.24) is 5.32 Å². The van der Waals surface area contributed by atoms with Gasteiger partial charge in [-0.25, -0.2) is 4.39 Å². The maximum absolute atomic E-state index is 12.7. The van der Waals surface area contributed by atoms with Gasteiger partial charge in [0.1, 0.15) is 11.6 Å². The molecule has 3 N–H and O–H groups in total. The number of thioether (sulfide) groups is 1. The molecule has 1 aromatic rings. The normalized spacial score (nSPS) is 10.2. The summed E-state index contributed by atoms with van der Waals surface area (Å²) in [5, 5.41) is 2.80. The van der Waals surface area contributed by atoms with Gasteiger partial charge >= 0.3 is 0 Å². The van der Waals surface area contributed by atoms with Gasteiger partial charge in [0.25, 0.3) is 0 Å². The average molecular weight is 328 g/mol. The molecule has 1 aromatic carbocycles. The van der Waals surface area contributed by atoms with Gasteiger partial charge in [-0.2, -0.15) is 11.8 Å². The molecule has 0 atom stereocenters. The number of ether oxygens (including phenoxy) is 1. The predicted octanol–water partition coefficient (Wildman–Crippen LogP) is 1.71. The van der Waals surface area contributed by atoms with Crippen molar-refractivity contribution in [2.45, 2.75) is 19.3 Å². The molecule has 0 fully saturated rings. The van der Waals surface area contributed by atoms with E-state index in [4.69, 9.17) is 10.5 Å². The predicted molar refractivity (Wildman–Crippen MR) is 85.3 cm³/mol. The van der Waals surface area contributed by atoms with E-state index in [0.717, 1.165) is 12.8 Å². The lowest BCUT2D eigenvalue weighted by Gasteiger charge is -2.07. The van der Waals surface area contributed by atoms with Crippen LogP contribution in [0.3, 0.4) is 0 Å². The van der Waals surface area contributed by atoms with E-state index in [2.05, 4.69) is 5.32 Å². The van der Waals surface area contributed by atoms with Crippen LogP contribution < -0.4 is 15.8 Å². The number of amides is 2. The number of carbonyl (C=O) groups is 2. The van der Waals surface area contributed by atoms with Crippen molar-refractivity contribution in [3.63, 3.8) is 0 Å². The van der Waals surface area contributed by atoms with E-state index in [-0.39, 0.29) is 23.4 Å². The lowest BCUT2D eigenvalue weighted by atomic mass is 10.3. The van der Waals surface area contributed by atoms with Crippen molar-refractivity contribution in [2.24, 2.45) is 5.73 Å². The Bertz CT molecular complexity index is 468. The number of hydrogen-bond acceptors (Lipinski definition) is 4. The molecule has 22 heavy (non-hydrogen) atoms. The van der Waals surface area contributed by atoms with E-state index in [0.29, 0.717) is 31.1 Å². The highest BCUT2D eigenvalue weighted by Crippen LogP contribution is 2.11. The molecule has 1 rings (SSSR count). The van der Waals surface area contributed by atoms with E-state index in [1.165, 1.54) is 23.9 Å². The summed E-state index contributed by atoms with van der Waals surface area (Å²) in [4.78, 5) is 22.0. The highest BCUT2D eigenvalue weighted by atomic mass is 32.2. The van der Waals surface area contributed by atoms with Crippen molar-refractivity contribution >= 4 is 23.6 Å². The summed E-state index contributed by atoms with van der Waals surface area (Å²) in [6.07, 6.45) is 1.99. The highest BCUT2D eigenvalue weighted by Gasteiger charge is 2.02. The summed E-state index contributed by atoms with van der Waals surface area (Å²) in [5.41, 5.74) is 4.99. The van der Waals surface area contributed by atoms with Gasteiger partial charge < -0.3 is 15.8 Å². The van der Waals surface area contributed by atoms with Crippen LogP contribution in [0.2, 0.25) is 0 Å². The highest BCUT2D eigenvalue weighted by molar-refractivity contribution is 7.99. The Morgan fingerprint density at radius 3 is 2.64 bits per heavy atom. The monoisotopic (exact) mass is 328 g/mol. The number of nitrogens with two attached hydrogens (primary N) is 1. The zero-order chi connectivity index (χ0) is 16.2. The fraction of sp³-hybridized carbons (Fsp3) is 0.467. The van der Waals surface area contributed by atoms with Crippen LogP contribution in [0.4, 0.5) is 4.39 Å². The summed E-state index contributed by atoms with van der Waals surface area (Å²) in [6, 6.07) is 5.87. The van der Waals surface area contributed by atoms with Crippen molar-refractivity contribution in [1.29, 1.82) is 0 Å². The van der Waals surface area contributed by atoms with Gasteiger partial charge in [-0.1, -0.05) is 0 Å². The maximum Gasteiger partial charge on any atom is 0.227 e. The van der Waals surface area contributed by atoms with Crippen LogP contribution in [0.15, 0.2) is 24.3 Å². The number of unbranched alkanes of at least 4 members (excludes halogenated alkanes) is 1. The summed E-state index contributed by atoms with van der Waals surface area (Å²) >= 11 is 1.35. The van der Waals surface area contributed by atoms with Crippen LogP contribution in [0, 0.1) is 5.82 Å². The lowest BCUT2D eigenvalue weighted by molar-refractivity contribution is -0.120. The second-order valence-electron chi connectivity index (χ2n) is 4.63. The van der Waals surface area contributed by atoms with E-state index >= 15 is 0 Å². The molecule has 0 aromatic heterocycles. The molecule has 2 amide bonds. The first-order valence-electron chi connectivity index (χ1n) is 7.09. The lowest BCUT2D eigenvalue weighted by Crippen LogP contribution is -2.25. The number of benzene rings is 1. The van der Waals surface area contributed by atoms with Crippen LogP contribution in [-0.2, 0) is 9.59 Å². The Balaban J connectivity index is 1.95. The second kappa shape index (κ2) is 10.9. The third kappa shape index (κ3) is 9.23. The average Bonchev–Trinajstić information content (AvgIpc) is 2.49. The molecule has 0 spiro atoms. The quantitative estimate of drug-likeness (QED) is 0.606. The van der Waals surface area contributed by atoms with Crippen LogP contribution in [0.5, 0.6) is 5.75 Å². The molecule has 0 bridgehead atoms. The molecule has 0 heterocycles. The third-order valence-electron chi connectivity index (χ3n) is 2.69. The summed E-state index contributed by atoms with van der Waals surface area (Å²) in [7, 11) is 0. The van der Waals surface area contributed by atoms with Crippen LogP contribution in [0.1, 0.15) is 19.3 Å². The first-order valence-corrected chi connectivity index (χ1v) is 8.24. The van der Waals surface area contributed by atoms with Crippen molar-refractivity contribution in [3.05, 3.63) is 30.1 Å². The Morgan fingerprint density at radius 1 is 1.23 bits per heavy atom. The minimum atomic E-state index is -0.369. The largest absolute Gasteiger partial charge is 0.494 e. The van der Waals surface area contributed by atoms with Crippen LogP contribution >= 0.6 is 11.8 Å². The number of hydrogen-bond donors (Lipinski definition) is 2. The molecule has 0 aliphatic heterocycles. The zero-order valence-corrected chi connectivity index (χ0v) is 13.2. The Kier molecular flexibility index (Phi) is 9.06. The molecule has 0 aliphatic rings. The van der Waals surface area contributed by atoms with Gasteiger partial charge in [0.2, 0.25) is 11.8 Å². The van der Waals surface area contributed by atoms with E-state index in [1.807, 2.05) is 0 Å². The van der Waals surface area contributed by atoms with E-state index < -0.39 is 0 Å². The molecule has 0 saturated carbocycles. The first kappa shape index (κ1) is 18.3. The molecule has 122 valence electrons. The second-order valence-corrected chi connectivity index (χ2v) is 5.73. The minimum Gasteiger partial charge on any atom is -0.494 e. The molecule has 0 aliphatic carbocycles. The number of carbonyl (C=O) groups excluding carboxylic acids is 2. The number of primary amides is 1. The van der Waals surface area contributed by atoms with Gasteiger partial charge in [-0.3, -0.25) is 9.59 Å². The van der Waals surface area contributed by atoms with Gasteiger partial charge in [0.05, 0.1) is 12.4 Å². The number of rotatable bonds is 11. The standard InChI is InChI=1S/C15H21FN2O3S/c16-12-3-5-13(6-4-12)21-9-2-1-8-18-15(20)7-10-22-11-14(17)19/h3-6H,1-2,7-11H2,(H2,17,19)(H,18,20).